The summed E-state index contributed by atoms with van der Waals surface area (Å²) in [5.41, 5.74) is 1.93. The molecule has 0 aliphatic carbocycles. The van der Waals surface area contributed by atoms with Crippen molar-refractivity contribution in [2.75, 3.05) is 0 Å². The van der Waals surface area contributed by atoms with Gasteiger partial charge in [0.1, 0.15) is 0 Å². The van der Waals surface area contributed by atoms with E-state index in [0.717, 1.165) is 0 Å². The molecule has 0 bridgehead atoms. The maximum Gasteiger partial charge on any atom is 0.265 e. The smallest absolute Gasteiger partial charge is 0.265 e. The molecule has 2 nitrogen and oxygen atoms in total. The van der Waals surface area contributed by atoms with Crippen LogP contribution in [0.2, 0.25) is 0 Å². The van der Waals surface area contributed by atoms with Crippen molar-refractivity contribution >= 4 is 9.38 Å². The van der Waals surface area contributed by atoms with Gasteiger partial charge in [0.15, 0.2) is 0 Å². The summed E-state index contributed by atoms with van der Waals surface area (Å²) in [6.07, 6.45) is 1.68. The first-order chi connectivity index (χ1) is 2.50. The van der Waals surface area contributed by atoms with Gasteiger partial charge in [-0.15, -0.1) is 5.16 Å². The van der Waals surface area contributed by atoms with Gasteiger partial charge in [0.05, 0.1) is 6.20 Å². The molecule has 0 fully saturated rings. The van der Waals surface area contributed by atoms with Crippen molar-refractivity contribution in [2.45, 2.75) is 0 Å². The van der Waals surface area contributed by atoms with Gasteiger partial charge in [-0.25, -0.2) is 0 Å². The van der Waals surface area contributed by atoms with Crippen molar-refractivity contribution in [1.29, 1.82) is 0 Å². The largest absolute Gasteiger partial charge is 0.431 e. The Labute approximate surface area is 31.7 Å². The van der Waals surface area contributed by atoms with E-state index in [1.807, 2.05) is 5.68 Å². The minimum absolute atomic E-state index is 0.0787. The first-order valence-corrected chi connectivity index (χ1v) is 2.48. The molecule has 1 aromatic heterocycles. The van der Waals surface area contributed by atoms with Gasteiger partial charge < -0.3 is 4.20 Å². The lowest BCUT2D eigenvalue weighted by Crippen LogP contribution is -1.46. The molecule has 26 valence electrons. The molecule has 0 radical (unpaired) electrons. The van der Waals surface area contributed by atoms with Crippen LogP contribution < -0.4 is 0 Å². The molecule has 0 amide bonds. The molecule has 1 rings (SSSR count). The van der Waals surface area contributed by atoms with Crippen LogP contribution in [0.25, 0.3) is 0 Å². The lowest BCUT2D eigenvalue weighted by atomic mass is 11.1. The van der Waals surface area contributed by atoms with E-state index < -0.39 is 0 Å². The van der Waals surface area contributed by atoms with Crippen LogP contribution >= 0.6 is 0 Å². The number of hydrogen-bond donors (Lipinski definition) is 0. The fraction of sp³-hybridized carbons (Fsp3) is 0. The van der Waals surface area contributed by atoms with Gasteiger partial charge in [-0.3, -0.25) is 0 Å². The zero-order valence-electron chi connectivity index (χ0n) is 2.59. The highest BCUT2D eigenvalue weighted by atomic mass is 28.2. The summed E-state index contributed by atoms with van der Waals surface area (Å²) in [6, 6.07) is 0. The van der Waals surface area contributed by atoms with E-state index in [2.05, 4.69) is 9.36 Å². The third kappa shape index (κ3) is 0.415. The molecular formula is C2H3NOSi. The Hall–Kier alpha value is -0.443. The molecule has 0 unspecified atom stereocenters. The van der Waals surface area contributed by atoms with Gasteiger partial charge in [0, 0.05) is 0 Å². The third-order valence-electron chi connectivity index (χ3n) is 0.347. The lowest BCUT2D eigenvalue weighted by molar-refractivity contribution is 0.500. The van der Waals surface area contributed by atoms with Gasteiger partial charge in [-0.2, -0.15) is 0 Å². The summed E-state index contributed by atoms with van der Waals surface area (Å²) in [7, 11) is 0.0787. The zero-order chi connectivity index (χ0) is 3.54. The Kier molecular flexibility index (Phi) is 0.622. The lowest BCUT2D eigenvalue weighted by Gasteiger charge is -1.50. The summed E-state index contributed by atoms with van der Waals surface area (Å²) in [5, 5.41) is 3.44. The fourth-order valence-electron chi connectivity index (χ4n) is 0.176. The molecule has 0 N–H and O–H groups in total. The molecule has 3 heteroatoms. The standard InChI is InChI=1S/C2H3NOSi/c1-2-5-4-3-1/h1-2,5H. The SMILES string of the molecule is c1c[siH]on1. The van der Waals surface area contributed by atoms with Crippen LogP contribution in [0.5, 0.6) is 0 Å². The Morgan fingerprint density at radius 2 is 2.80 bits per heavy atom. The van der Waals surface area contributed by atoms with Crippen LogP contribution in [0.3, 0.4) is 0 Å². The molecule has 0 saturated heterocycles. The third-order valence-corrected chi connectivity index (χ3v) is 0.920. The van der Waals surface area contributed by atoms with Crippen LogP contribution in [0.4, 0.5) is 0 Å². The van der Waals surface area contributed by atoms with E-state index in [1.54, 1.807) is 6.20 Å². The highest BCUT2D eigenvalue weighted by molar-refractivity contribution is 6.16. The van der Waals surface area contributed by atoms with Crippen molar-refractivity contribution < 1.29 is 4.20 Å². The molecular weight excluding hydrogens is 82.1 g/mol. The maximum absolute atomic E-state index is 4.54. The Balaban J connectivity index is 3.13. The second-order valence-corrected chi connectivity index (χ2v) is 1.56. The van der Waals surface area contributed by atoms with Gasteiger partial charge in [-0.1, -0.05) is 0 Å². The van der Waals surface area contributed by atoms with Crippen molar-refractivity contribution in [2.24, 2.45) is 0 Å². The highest BCUT2D eigenvalue weighted by Crippen LogP contribution is 1.61. The van der Waals surface area contributed by atoms with Crippen LogP contribution in [-0.2, 0) is 0 Å². The average Bonchev–Trinajstić information content (AvgIpc) is 1.76. The van der Waals surface area contributed by atoms with Crippen molar-refractivity contribution in [3.8, 4) is 0 Å². The molecule has 5 heavy (non-hydrogen) atoms. The quantitative estimate of drug-likeness (QED) is 0.406. The summed E-state index contributed by atoms with van der Waals surface area (Å²) < 4.78 is 4.54. The minimum Gasteiger partial charge on any atom is -0.431 e. The predicted octanol–water partition coefficient (Wildman–Crippen LogP) is -0.255. The van der Waals surface area contributed by atoms with Crippen LogP contribution in [0.1, 0.15) is 0 Å². The molecule has 1 aromatic rings. The Morgan fingerprint density at radius 3 is 3.00 bits per heavy atom. The number of rotatable bonds is 0. The fourth-order valence-corrected chi connectivity index (χ4v) is 0.527. The van der Waals surface area contributed by atoms with Gasteiger partial charge in [-0.05, 0) is 5.68 Å². The second kappa shape index (κ2) is 1.12. The van der Waals surface area contributed by atoms with Crippen LogP contribution in [0, 0.1) is 0 Å². The monoisotopic (exact) mass is 85.0 g/mol. The second-order valence-electron chi connectivity index (χ2n) is 0.688. The van der Waals surface area contributed by atoms with Crippen molar-refractivity contribution in [1.82, 2.24) is 5.16 Å². The number of hydrogen-bond acceptors (Lipinski definition) is 2. The first-order valence-electron chi connectivity index (χ1n) is 1.34. The van der Waals surface area contributed by atoms with Crippen molar-refractivity contribution in [3.05, 3.63) is 11.9 Å². The van der Waals surface area contributed by atoms with Crippen molar-refractivity contribution in [3.63, 3.8) is 0 Å². The normalized spacial score (nSPS) is 8.00. The molecule has 0 aromatic carbocycles. The predicted molar refractivity (Wildman–Crippen MR) is 19.2 cm³/mol. The first kappa shape index (κ1) is 2.78. The molecule has 0 saturated carbocycles. The van der Waals surface area contributed by atoms with Crippen LogP contribution in [-0.4, -0.2) is 14.5 Å². The molecule has 1 heterocycles. The van der Waals surface area contributed by atoms with Crippen LogP contribution in [0.15, 0.2) is 16.1 Å². The molecule has 0 spiro atoms. The number of aromatic nitrogens is 1. The zero-order valence-corrected chi connectivity index (χ0v) is 3.74. The summed E-state index contributed by atoms with van der Waals surface area (Å²) in [4.78, 5) is 0. The summed E-state index contributed by atoms with van der Waals surface area (Å²) in [6.45, 7) is 0. The van der Waals surface area contributed by atoms with E-state index in [0.29, 0.717) is 0 Å². The average molecular weight is 85.1 g/mol. The Bertz CT molecular complexity index is 66.1. The van der Waals surface area contributed by atoms with Gasteiger partial charge in [0.25, 0.3) is 9.38 Å². The van der Waals surface area contributed by atoms with Gasteiger partial charge >= 0.3 is 0 Å². The molecule has 0 aliphatic rings. The summed E-state index contributed by atoms with van der Waals surface area (Å²) in [5.74, 6) is 0. The Morgan fingerprint density at radius 1 is 1.80 bits per heavy atom. The highest BCUT2D eigenvalue weighted by Gasteiger charge is 1.62. The van der Waals surface area contributed by atoms with Gasteiger partial charge in [0.2, 0.25) is 0 Å². The van der Waals surface area contributed by atoms with E-state index >= 15 is 0 Å². The summed E-state index contributed by atoms with van der Waals surface area (Å²) >= 11 is 0. The molecule has 0 atom stereocenters. The van der Waals surface area contributed by atoms with E-state index in [9.17, 15) is 0 Å². The van der Waals surface area contributed by atoms with E-state index in [-0.39, 0.29) is 9.38 Å². The number of nitrogens with zero attached hydrogens (tertiary/aromatic N) is 1. The topological polar surface area (TPSA) is 26.0 Å². The maximum atomic E-state index is 4.54. The molecule has 0 aliphatic heterocycles. The van der Waals surface area contributed by atoms with E-state index in [1.165, 1.54) is 0 Å². The minimum atomic E-state index is 0.0787. The van der Waals surface area contributed by atoms with E-state index in [4.69, 9.17) is 0 Å².